The predicted molar refractivity (Wildman–Crippen MR) is 58.6 cm³/mol. The smallest absolute Gasteiger partial charge is 0.0911 e. The molecule has 2 rings (SSSR count). The zero-order chi connectivity index (χ0) is 10.8. The molecule has 1 aromatic rings. The summed E-state index contributed by atoms with van der Waals surface area (Å²) in [6.07, 6.45) is 4.58. The molecule has 3 heteroatoms. The molecule has 0 aliphatic carbocycles. The number of aliphatic hydroxyl groups excluding tert-OH is 1. The highest BCUT2D eigenvalue weighted by Crippen LogP contribution is 2.22. The van der Waals surface area contributed by atoms with Gasteiger partial charge in [-0.1, -0.05) is 0 Å². The Bertz CT molecular complexity index is 319. The van der Waals surface area contributed by atoms with Gasteiger partial charge < -0.3 is 14.4 Å². The minimum atomic E-state index is -0.404. The van der Waals surface area contributed by atoms with Gasteiger partial charge in [-0.2, -0.15) is 0 Å². The van der Waals surface area contributed by atoms with E-state index in [1.807, 2.05) is 18.3 Å². The molecule has 1 aliphatic heterocycles. The minimum Gasteiger partial charge on any atom is -0.387 e. The summed E-state index contributed by atoms with van der Waals surface area (Å²) in [7, 11) is 0. The van der Waals surface area contributed by atoms with Crippen molar-refractivity contribution < 1.29 is 9.84 Å². The Morgan fingerprint density at radius 1 is 1.60 bits per heavy atom. The molecule has 0 spiro atoms. The van der Waals surface area contributed by atoms with E-state index >= 15 is 0 Å². The van der Waals surface area contributed by atoms with Crippen LogP contribution < -0.4 is 0 Å². The summed E-state index contributed by atoms with van der Waals surface area (Å²) in [5.41, 5.74) is 0.971. The molecule has 1 saturated heterocycles. The van der Waals surface area contributed by atoms with Crippen LogP contribution in [-0.2, 0) is 11.3 Å². The van der Waals surface area contributed by atoms with Crippen LogP contribution in [0, 0.1) is 0 Å². The average Bonchev–Trinajstić information content (AvgIpc) is 2.75. The molecule has 1 fully saturated rings. The summed E-state index contributed by atoms with van der Waals surface area (Å²) in [5.74, 6) is 0. The Hall–Kier alpha value is -0.800. The predicted octanol–water partition coefficient (Wildman–Crippen LogP) is 2.11. The van der Waals surface area contributed by atoms with Crippen molar-refractivity contribution in [2.45, 2.75) is 51.5 Å². The van der Waals surface area contributed by atoms with Crippen molar-refractivity contribution in [1.82, 2.24) is 4.57 Å². The topological polar surface area (TPSA) is 34.4 Å². The zero-order valence-corrected chi connectivity index (χ0v) is 9.39. The number of hydrogen-bond acceptors (Lipinski definition) is 2. The van der Waals surface area contributed by atoms with Crippen LogP contribution in [0.15, 0.2) is 18.3 Å². The molecule has 1 N–H and O–H groups in total. The second kappa shape index (κ2) is 4.37. The average molecular weight is 209 g/mol. The molecule has 0 radical (unpaired) electrons. The third-order valence-electron chi connectivity index (χ3n) is 3.01. The number of ether oxygens (including phenoxy) is 1. The Morgan fingerprint density at radius 2 is 2.40 bits per heavy atom. The summed E-state index contributed by atoms with van der Waals surface area (Å²) < 4.78 is 7.86. The van der Waals surface area contributed by atoms with Crippen molar-refractivity contribution in [3.63, 3.8) is 0 Å². The van der Waals surface area contributed by atoms with Crippen LogP contribution in [0.3, 0.4) is 0 Å². The van der Waals surface area contributed by atoms with Crippen LogP contribution in [0.1, 0.15) is 38.5 Å². The maximum atomic E-state index is 9.56. The molecule has 2 heterocycles. The van der Waals surface area contributed by atoms with Gasteiger partial charge in [-0.15, -0.1) is 0 Å². The molecular weight excluding hydrogens is 190 g/mol. The van der Waals surface area contributed by atoms with Gasteiger partial charge in [0.15, 0.2) is 0 Å². The van der Waals surface area contributed by atoms with Gasteiger partial charge in [-0.25, -0.2) is 0 Å². The van der Waals surface area contributed by atoms with E-state index in [2.05, 4.69) is 11.5 Å². The molecule has 0 aromatic carbocycles. The van der Waals surface area contributed by atoms with Gasteiger partial charge in [0.1, 0.15) is 0 Å². The number of aliphatic hydroxyl groups is 1. The third-order valence-corrected chi connectivity index (χ3v) is 3.01. The van der Waals surface area contributed by atoms with Crippen molar-refractivity contribution in [1.29, 1.82) is 0 Å². The second-order valence-electron chi connectivity index (χ2n) is 4.41. The number of hydrogen-bond donors (Lipinski definition) is 1. The Kier molecular flexibility index (Phi) is 3.12. The third kappa shape index (κ3) is 2.41. The summed E-state index contributed by atoms with van der Waals surface area (Å²) in [4.78, 5) is 0. The van der Waals surface area contributed by atoms with E-state index < -0.39 is 6.10 Å². The highest BCUT2D eigenvalue weighted by molar-refractivity contribution is 5.09. The Morgan fingerprint density at radius 3 is 3.00 bits per heavy atom. The first-order chi connectivity index (χ1) is 7.16. The van der Waals surface area contributed by atoms with E-state index in [1.54, 1.807) is 6.92 Å². The lowest BCUT2D eigenvalue weighted by Gasteiger charge is -2.16. The highest BCUT2D eigenvalue weighted by Gasteiger charge is 2.22. The van der Waals surface area contributed by atoms with Gasteiger partial charge in [-0.05, 0) is 38.8 Å². The maximum absolute atomic E-state index is 9.56. The van der Waals surface area contributed by atoms with E-state index in [0.717, 1.165) is 25.1 Å². The fourth-order valence-electron chi connectivity index (χ4n) is 2.21. The molecular formula is C12H19NO2. The largest absolute Gasteiger partial charge is 0.387 e. The van der Waals surface area contributed by atoms with Crippen LogP contribution >= 0.6 is 0 Å². The van der Waals surface area contributed by atoms with Crippen LogP contribution in [0.2, 0.25) is 0 Å². The van der Waals surface area contributed by atoms with E-state index in [0.29, 0.717) is 12.2 Å². The van der Waals surface area contributed by atoms with Crippen LogP contribution in [0.25, 0.3) is 0 Å². The van der Waals surface area contributed by atoms with Crippen molar-refractivity contribution in [3.8, 4) is 0 Å². The van der Waals surface area contributed by atoms with Gasteiger partial charge in [0, 0.05) is 18.4 Å². The lowest BCUT2D eigenvalue weighted by Crippen LogP contribution is -2.18. The molecule has 15 heavy (non-hydrogen) atoms. The standard InChI is InChI=1S/C12H19NO2/c1-9-5-6-11(15-9)8-13-7-3-4-12(13)10(2)14/h3-4,7,9-11,14H,5-6,8H2,1-2H3. The van der Waals surface area contributed by atoms with Crippen LogP contribution in [-0.4, -0.2) is 21.9 Å². The van der Waals surface area contributed by atoms with Gasteiger partial charge in [0.2, 0.25) is 0 Å². The number of nitrogens with zero attached hydrogens (tertiary/aromatic N) is 1. The Balaban J connectivity index is 2.01. The van der Waals surface area contributed by atoms with E-state index in [-0.39, 0.29) is 0 Å². The van der Waals surface area contributed by atoms with E-state index in [9.17, 15) is 5.11 Å². The van der Waals surface area contributed by atoms with Gasteiger partial charge in [0.05, 0.1) is 18.3 Å². The highest BCUT2D eigenvalue weighted by atomic mass is 16.5. The monoisotopic (exact) mass is 209 g/mol. The molecule has 1 aromatic heterocycles. The molecule has 1 aliphatic rings. The second-order valence-corrected chi connectivity index (χ2v) is 4.41. The van der Waals surface area contributed by atoms with Crippen molar-refractivity contribution in [2.75, 3.05) is 0 Å². The van der Waals surface area contributed by atoms with E-state index in [1.165, 1.54) is 0 Å². The fraction of sp³-hybridized carbons (Fsp3) is 0.667. The van der Waals surface area contributed by atoms with Gasteiger partial charge in [0.25, 0.3) is 0 Å². The molecule has 3 unspecified atom stereocenters. The van der Waals surface area contributed by atoms with Gasteiger partial charge >= 0.3 is 0 Å². The molecule has 0 saturated carbocycles. The summed E-state index contributed by atoms with van der Waals surface area (Å²) >= 11 is 0. The first kappa shape index (κ1) is 10.7. The quantitative estimate of drug-likeness (QED) is 0.827. The van der Waals surface area contributed by atoms with Crippen molar-refractivity contribution >= 4 is 0 Å². The molecule has 3 nitrogen and oxygen atoms in total. The summed E-state index contributed by atoms with van der Waals surface area (Å²) in [6.45, 7) is 4.77. The Labute approximate surface area is 90.7 Å². The molecule has 3 atom stereocenters. The normalized spacial score (nSPS) is 28.2. The fourth-order valence-corrected chi connectivity index (χ4v) is 2.21. The maximum Gasteiger partial charge on any atom is 0.0911 e. The van der Waals surface area contributed by atoms with Gasteiger partial charge in [-0.3, -0.25) is 0 Å². The zero-order valence-electron chi connectivity index (χ0n) is 9.39. The molecule has 0 bridgehead atoms. The lowest BCUT2D eigenvalue weighted by atomic mass is 10.2. The minimum absolute atomic E-state index is 0.310. The lowest BCUT2D eigenvalue weighted by molar-refractivity contribution is 0.0441. The SMILES string of the molecule is CC1CCC(Cn2cccc2C(C)O)O1. The summed E-state index contributed by atoms with van der Waals surface area (Å²) in [6, 6.07) is 3.93. The van der Waals surface area contributed by atoms with Crippen molar-refractivity contribution in [2.24, 2.45) is 0 Å². The molecule has 84 valence electrons. The summed E-state index contributed by atoms with van der Waals surface area (Å²) in [5, 5.41) is 9.56. The number of rotatable bonds is 3. The van der Waals surface area contributed by atoms with Crippen LogP contribution in [0.4, 0.5) is 0 Å². The first-order valence-corrected chi connectivity index (χ1v) is 5.65. The van der Waals surface area contributed by atoms with Crippen molar-refractivity contribution in [3.05, 3.63) is 24.0 Å². The molecule has 0 amide bonds. The first-order valence-electron chi connectivity index (χ1n) is 5.65. The number of aromatic nitrogens is 1. The van der Waals surface area contributed by atoms with Crippen LogP contribution in [0.5, 0.6) is 0 Å². The van der Waals surface area contributed by atoms with E-state index in [4.69, 9.17) is 4.74 Å².